The largest absolute Gasteiger partial charge is 0.472 e. The van der Waals surface area contributed by atoms with E-state index in [1.807, 2.05) is 13.0 Å². The van der Waals surface area contributed by atoms with Gasteiger partial charge in [-0.1, -0.05) is 12.1 Å². The molecule has 4 aromatic rings. The van der Waals surface area contributed by atoms with Gasteiger partial charge in [-0.25, -0.2) is 14.4 Å². The Balaban J connectivity index is 0.00000240. The quantitative estimate of drug-likeness (QED) is 0.460. The van der Waals surface area contributed by atoms with Crippen molar-refractivity contribution in [3.05, 3.63) is 78.9 Å². The van der Waals surface area contributed by atoms with Crippen molar-refractivity contribution in [2.75, 3.05) is 10.6 Å². The van der Waals surface area contributed by atoms with Crippen LogP contribution < -0.4 is 10.6 Å². The van der Waals surface area contributed by atoms with Crippen LogP contribution in [-0.2, 0) is 0 Å². The number of hydrogen-bond donors (Lipinski definition) is 2. The Morgan fingerprint density at radius 1 is 1.03 bits per heavy atom. The molecular weight excluding hydrogens is 395 g/mol. The summed E-state index contributed by atoms with van der Waals surface area (Å²) >= 11 is 0. The molecule has 9 heteroatoms. The minimum atomic E-state index is -0.274. The Kier molecular flexibility index (Phi) is 6.36. The van der Waals surface area contributed by atoms with E-state index in [-0.39, 0.29) is 24.3 Å². The highest BCUT2D eigenvalue weighted by Gasteiger charge is 2.12. The van der Waals surface area contributed by atoms with E-state index in [0.717, 1.165) is 11.1 Å². The SMILES string of the molecule is CC(Nc1nc(Nc2cnccn2)cc(-c2ccoc2)n1)c1ccc(F)cc1.Cl. The lowest BCUT2D eigenvalue weighted by Gasteiger charge is -2.16. The van der Waals surface area contributed by atoms with Crippen molar-refractivity contribution >= 4 is 30.0 Å². The van der Waals surface area contributed by atoms with Gasteiger partial charge in [0.1, 0.15) is 17.5 Å². The Hall–Kier alpha value is -3.52. The molecule has 148 valence electrons. The molecule has 3 aromatic heterocycles. The maximum absolute atomic E-state index is 13.2. The third-order valence-electron chi connectivity index (χ3n) is 4.08. The van der Waals surface area contributed by atoms with Gasteiger partial charge in [0.2, 0.25) is 5.95 Å². The first-order chi connectivity index (χ1) is 13.7. The second kappa shape index (κ2) is 9.11. The second-order valence-corrected chi connectivity index (χ2v) is 6.11. The van der Waals surface area contributed by atoms with Gasteiger partial charge in [-0.3, -0.25) is 4.98 Å². The number of furan rings is 1. The summed E-state index contributed by atoms with van der Waals surface area (Å²) in [5.74, 6) is 1.27. The maximum Gasteiger partial charge on any atom is 0.225 e. The van der Waals surface area contributed by atoms with Crippen molar-refractivity contribution in [1.29, 1.82) is 0 Å². The molecule has 1 atom stereocenters. The van der Waals surface area contributed by atoms with Gasteiger partial charge in [0.25, 0.3) is 0 Å². The van der Waals surface area contributed by atoms with Gasteiger partial charge >= 0.3 is 0 Å². The van der Waals surface area contributed by atoms with Crippen molar-refractivity contribution in [2.45, 2.75) is 13.0 Å². The normalized spacial score (nSPS) is 11.4. The van der Waals surface area contributed by atoms with E-state index in [1.54, 1.807) is 49.3 Å². The Labute approximate surface area is 172 Å². The molecule has 0 radical (unpaired) electrons. The Bertz CT molecular complexity index is 1040. The molecule has 4 rings (SSSR count). The summed E-state index contributed by atoms with van der Waals surface area (Å²) in [4.78, 5) is 17.3. The van der Waals surface area contributed by atoms with E-state index in [1.165, 1.54) is 12.1 Å². The highest BCUT2D eigenvalue weighted by atomic mass is 35.5. The van der Waals surface area contributed by atoms with Crippen LogP contribution in [0.5, 0.6) is 0 Å². The molecule has 1 aromatic carbocycles. The van der Waals surface area contributed by atoms with Crippen molar-refractivity contribution in [3.63, 3.8) is 0 Å². The third-order valence-corrected chi connectivity index (χ3v) is 4.08. The van der Waals surface area contributed by atoms with Crippen molar-refractivity contribution in [1.82, 2.24) is 19.9 Å². The van der Waals surface area contributed by atoms with E-state index in [2.05, 4.69) is 30.6 Å². The summed E-state index contributed by atoms with van der Waals surface area (Å²) in [5, 5.41) is 6.38. The average molecular weight is 413 g/mol. The molecule has 0 spiro atoms. The number of rotatable bonds is 6. The molecule has 3 heterocycles. The standard InChI is InChI=1S/C20H17FN6O.ClH/c1-13(14-2-4-16(21)5-3-14)24-20-25-17(15-6-9-28-12-15)10-18(27-20)26-19-11-22-7-8-23-19;/h2-13H,1H3,(H2,23,24,25,26,27);1H. The molecule has 2 N–H and O–H groups in total. The number of nitrogens with one attached hydrogen (secondary N) is 2. The summed E-state index contributed by atoms with van der Waals surface area (Å²) in [7, 11) is 0. The summed E-state index contributed by atoms with van der Waals surface area (Å²) in [6.45, 7) is 1.96. The molecule has 0 aliphatic rings. The predicted molar refractivity (Wildman–Crippen MR) is 111 cm³/mol. The lowest BCUT2D eigenvalue weighted by molar-refractivity contribution is 0.568. The van der Waals surface area contributed by atoms with Gasteiger partial charge in [0, 0.05) is 24.0 Å². The Morgan fingerprint density at radius 2 is 1.86 bits per heavy atom. The maximum atomic E-state index is 13.2. The average Bonchev–Trinajstić information content (AvgIpc) is 3.24. The minimum absolute atomic E-state index is 0. The van der Waals surface area contributed by atoms with Crippen LogP contribution in [0.15, 0.2) is 71.9 Å². The molecule has 0 aliphatic heterocycles. The molecular formula is C20H18ClFN6O. The summed E-state index contributed by atoms with van der Waals surface area (Å²) in [5.41, 5.74) is 2.42. The monoisotopic (exact) mass is 412 g/mol. The van der Waals surface area contributed by atoms with Crippen LogP contribution >= 0.6 is 12.4 Å². The van der Waals surface area contributed by atoms with Crippen LogP contribution in [-0.4, -0.2) is 19.9 Å². The summed E-state index contributed by atoms with van der Waals surface area (Å²) in [6, 6.07) is 9.81. The summed E-state index contributed by atoms with van der Waals surface area (Å²) in [6.07, 6.45) is 7.99. The lowest BCUT2D eigenvalue weighted by atomic mass is 10.1. The zero-order valence-electron chi connectivity index (χ0n) is 15.4. The molecule has 0 aliphatic carbocycles. The first kappa shape index (κ1) is 20.2. The van der Waals surface area contributed by atoms with Gasteiger partial charge in [0.05, 0.1) is 30.5 Å². The van der Waals surface area contributed by atoms with Crippen LogP contribution in [0.2, 0.25) is 0 Å². The van der Waals surface area contributed by atoms with Gasteiger partial charge in [-0.15, -0.1) is 12.4 Å². The number of aromatic nitrogens is 4. The van der Waals surface area contributed by atoms with Gasteiger partial charge in [0.15, 0.2) is 0 Å². The molecule has 0 saturated heterocycles. The number of anilines is 3. The van der Waals surface area contributed by atoms with E-state index in [4.69, 9.17) is 4.42 Å². The molecule has 7 nitrogen and oxygen atoms in total. The highest BCUT2D eigenvalue weighted by Crippen LogP contribution is 2.25. The molecule has 0 bridgehead atoms. The fourth-order valence-electron chi connectivity index (χ4n) is 2.66. The van der Waals surface area contributed by atoms with Crippen LogP contribution in [0.25, 0.3) is 11.3 Å². The smallest absolute Gasteiger partial charge is 0.225 e. The highest BCUT2D eigenvalue weighted by molar-refractivity contribution is 5.85. The van der Waals surface area contributed by atoms with E-state index >= 15 is 0 Å². The molecule has 0 fully saturated rings. The number of nitrogens with zero attached hydrogens (tertiary/aromatic N) is 4. The molecule has 29 heavy (non-hydrogen) atoms. The second-order valence-electron chi connectivity index (χ2n) is 6.11. The molecule has 1 unspecified atom stereocenters. The van der Waals surface area contributed by atoms with Crippen molar-refractivity contribution < 1.29 is 8.81 Å². The first-order valence-corrected chi connectivity index (χ1v) is 8.64. The van der Waals surface area contributed by atoms with Gasteiger partial charge in [-0.05, 0) is 30.7 Å². The predicted octanol–water partition coefficient (Wildman–Crippen LogP) is 5.00. The minimum Gasteiger partial charge on any atom is -0.472 e. The van der Waals surface area contributed by atoms with Crippen molar-refractivity contribution in [3.8, 4) is 11.3 Å². The fourth-order valence-corrected chi connectivity index (χ4v) is 2.66. The lowest BCUT2D eigenvalue weighted by Crippen LogP contribution is -2.11. The van der Waals surface area contributed by atoms with Crippen LogP contribution in [0, 0.1) is 5.82 Å². The zero-order valence-corrected chi connectivity index (χ0v) is 16.2. The number of halogens is 2. The van der Waals surface area contributed by atoms with Crippen LogP contribution in [0.1, 0.15) is 18.5 Å². The third kappa shape index (κ3) is 5.05. The van der Waals surface area contributed by atoms with E-state index in [0.29, 0.717) is 23.3 Å². The zero-order chi connectivity index (χ0) is 19.3. The van der Waals surface area contributed by atoms with E-state index in [9.17, 15) is 4.39 Å². The Morgan fingerprint density at radius 3 is 2.55 bits per heavy atom. The first-order valence-electron chi connectivity index (χ1n) is 8.64. The number of benzene rings is 1. The number of hydrogen-bond acceptors (Lipinski definition) is 7. The van der Waals surface area contributed by atoms with Gasteiger partial charge < -0.3 is 15.1 Å². The molecule has 0 saturated carbocycles. The molecule has 0 amide bonds. The van der Waals surface area contributed by atoms with Crippen LogP contribution in [0.4, 0.5) is 22.0 Å². The van der Waals surface area contributed by atoms with Gasteiger partial charge in [-0.2, -0.15) is 4.98 Å². The van der Waals surface area contributed by atoms with Crippen molar-refractivity contribution in [2.24, 2.45) is 0 Å². The fraction of sp³-hybridized carbons (Fsp3) is 0.100. The van der Waals surface area contributed by atoms with Crippen LogP contribution in [0.3, 0.4) is 0 Å². The summed E-state index contributed by atoms with van der Waals surface area (Å²) < 4.78 is 18.3. The van der Waals surface area contributed by atoms with E-state index < -0.39 is 0 Å². The topological polar surface area (TPSA) is 88.8 Å².